The Balaban J connectivity index is 1.22. The van der Waals surface area contributed by atoms with E-state index in [9.17, 15) is 14.0 Å². The topological polar surface area (TPSA) is 76.7 Å². The van der Waals surface area contributed by atoms with Gasteiger partial charge in [-0.05, 0) is 92.2 Å². The van der Waals surface area contributed by atoms with E-state index in [4.69, 9.17) is 20.9 Å². The third-order valence-corrected chi connectivity index (χ3v) is 9.91. The summed E-state index contributed by atoms with van der Waals surface area (Å²) in [7, 11) is -0.716. The van der Waals surface area contributed by atoms with Crippen LogP contribution in [0.15, 0.2) is 48.5 Å². The van der Waals surface area contributed by atoms with Crippen molar-refractivity contribution in [3.8, 4) is 0 Å². The maximum Gasteiger partial charge on any atom is 0.482 e. The molecule has 2 aromatic carbocycles. The lowest BCUT2D eigenvalue weighted by Crippen LogP contribution is -2.65. The van der Waals surface area contributed by atoms with Crippen LogP contribution in [0.2, 0.25) is 5.02 Å². The first kappa shape index (κ1) is 25.8. The highest BCUT2D eigenvalue weighted by Gasteiger charge is 2.68. The third-order valence-electron chi connectivity index (χ3n) is 9.66. The van der Waals surface area contributed by atoms with Crippen LogP contribution >= 0.6 is 11.6 Å². The summed E-state index contributed by atoms with van der Waals surface area (Å²) in [5, 5.41) is 6.52. The summed E-state index contributed by atoms with van der Waals surface area (Å²) in [5.74, 6) is -0.653. The number of carbonyl (C=O) groups excluding carboxylic acids is 2. The van der Waals surface area contributed by atoms with Gasteiger partial charge in [-0.3, -0.25) is 9.59 Å². The van der Waals surface area contributed by atoms with Crippen LogP contribution in [0.1, 0.15) is 62.4 Å². The molecule has 2 amide bonds. The minimum absolute atomic E-state index is 0.0659. The van der Waals surface area contributed by atoms with E-state index in [-0.39, 0.29) is 35.6 Å². The van der Waals surface area contributed by atoms with E-state index in [1.54, 1.807) is 42.5 Å². The minimum atomic E-state index is -1.01. The van der Waals surface area contributed by atoms with E-state index in [1.807, 2.05) is 0 Å². The molecule has 2 N–H and O–H groups in total. The Morgan fingerprint density at radius 3 is 2.47 bits per heavy atom. The maximum absolute atomic E-state index is 14.7. The van der Waals surface area contributed by atoms with Gasteiger partial charge in [-0.2, -0.15) is 0 Å². The van der Waals surface area contributed by atoms with Gasteiger partial charge < -0.3 is 19.9 Å². The molecule has 7 rings (SSSR count). The predicted octanol–water partition coefficient (Wildman–Crippen LogP) is 4.74. The zero-order valence-corrected chi connectivity index (χ0v) is 22.7. The van der Waals surface area contributed by atoms with Crippen LogP contribution in [0.25, 0.3) is 0 Å². The maximum atomic E-state index is 14.7. The fourth-order valence-corrected chi connectivity index (χ4v) is 7.04. The van der Waals surface area contributed by atoms with Gasteiger partial charge in [0.25, 0.3) is 5.91 Å². The summed E-state index contributed by atoms with van der Waals surface area (Å²) in [5.41, 5.74) is -0.385. The van der Waals surface area contributed by atoms with Crippen molar-refractivity contribution in [2.24, 2.45) is 17.3 Å². The first-order valence-corrected chi connectivity index (χ1v) is 13.9. The molecule has 0 aromatic heterocycles. The monoisotopic (exact) mass is 538 g/mol. The Kier molecular flexibility index (Phi) is 6.17. The van der Waals surface area contributed by atoms with Crippen molar-refractivity contribution in [2.45, 2.75) is 76.1 Å². The van der Waals surface area contributed by atoms with Crippen LogP contribution < -0.4 is 10.6 Å². The summed E-state index contributed by atoms with van der Waals surface area (Å²) < 4.78 is 27.8. The standard InChI is InChI=1S/C29H33BClFN2O4/c1-27(2)19-15-22(27)28(3)23(16-19)37-30(38-28)24(14-18-6-4-5-7-21(18)32)33-26(36)29(12-13-29)34-25(35)17-8-10-20(31)11-9-17/h4-11,19,22-24H,12-16H2,1-3H3,(H,33,36)(H,34,35)/t19-,22-,23+,24-,28-/m0/s1. The second-order valence-corrected chi connectivity index (χ2v) is 12.7. The first-order valence-electron chi connectivity index (χ1n) is 13.5. The summed E-state index contributed by atoms with van der Waals surface area (Å²) in [4.78, 5) is 26.5. The number of benzene rings is 2. The number of amides is 2. The van der Waals surface area contributed by atoms with Crippen LogP contribution in [0.4, 0.5) is 4.39 Å². The van der Waals surface area contributed by atoms with E-state index in [2.05, 4.69) is 31.4 Å². The van der Waals surface area contributed by atoms with E-state index >= 15 is 0 Å². The predicted molar refractivity (Wildman–Crippen MR) is 143 cm³/mol. The van der Waals surface area contributed by atoms with Gasteiger partial charge in [-0.15, -0.1) is 0 Å². The van der Waals surface area contributed by atoms with Gasteiger partial charge in [0.15, 0.2) is 0 Å². The second-order valence-electron chi connectivity index (χ2n) is 12.3. The van der Waals surface area contributed by atoms with Crippen LogP contribution in [0.3, 0.4) is 0 Å². The van der Waals surface area contributed by atoms with E-state index in [0.29, 0.717) is 40.8 Å². The summed E-state index contributed by atoms with van der Waals surface area (Å²) in [6.07, 6.45) is 3.22. The molecular formula is C29H33BClFN2O4. The highest BCUT2D eigenvalue weighted by atomic mass is 35.5. The Bertz CT molecular complexity index is 1270. The largest absolute Gasteiger partial charge is 0.482 e. The third kappa shape index (κ3) is 4.25. The fourth-order valence-electron chi connectivity index (χ4n) is 6.92. The minimum Gasteiger partial charge on any atom is -0.404 e. The summed E-state index contributed by atoms with van der Waals surface area (Å²) in [6.45, 7) is 6.71. The van der Waals surface area contributed by atoms with Crippen molar-refractivity contribution in [2.75, 3.05) is 0 Å². The first-order chi connectivity index (χ1) is 18.0. The molecule has 0 radical (unpaired) electrons. The van der Waals surface area contributed by atoms with Crippen molar-refractivity contribution < 1.29 is 23.3 Å². The van der Waals surface area contributed by atoms with Gasteiger partial charge in [-0.1, -0.05) is 43.6 Å². The van der Waals surface area contributed by atoms with Gasteiger partial charge >= 0.3 is 7.12 Å². The van der Waals surface area contributed by atoms with Crippen molar-refractivity contribution in [1.29, 1.82) is 0 Å². The zero-order valence-electron chi connectivity index (χ0n) is 21.9. The molecule has 4 aliphatic carbocycles. The lowest BCUT2D eigenvalue weighted by molar-refractivity contribution is -0.199. The number of halogens is 2. The van der Waals surface area contributed by atoms with Gasteiger partial charge in [0.05, 0.1) is 17.6 Å². The van der Waals surface area contributed by atoms with Gasteiger partial charge in [-0.25, -0.2) is 4.39 Å². The molecule has 2 bridgehead atoms. The van der Waals surface area contributed by atoms with E-state index < -0.39 is 24.2 Å². The molecule has 1 aliphatic heterocycles. The van der Waals surface area contributed by atoms with Crippen LogP contribution in [-0.2, 0) is 20.5 Å². The molecule has 0 spiro atoms. The average molecular weight is 539 g/mol. The number of rotatable bonds is 7. The molecule has 5 fully saturated rings. The molecule has 1 saturated heterocycles. The van der Waals surface area contributed by atoms with Crippen LogP contribution in [-0.4, -0.2) is 42.1 Å². The summed E-state index contributed by atoms with van der Waals surface area (Å²) >= 11 is 5.95. The van der Waals surface area contributed by atoms with Crippen LogP contribution in [0.5, 0.6) is 0 Å². The normalized spacial score (nSPS) is 30.6. The molecule has 2 aromatic rings. The Morgan fingerprint density at radius 1 is 1.11 bits per heavy atom. The molecule has 5 atom stereocenters. The molecule has 9 heteroatoms. The molecule has 5 aliphatic rings. The average Bonchev–Trinajstić information content (AvgIpc) is 3.57. The molecule has 0 unspecified atom stereocenters. The fraction of sp³-hybridized carbons (Fsp3) is 0.517. The molecule has 38 heavy (non-hydrogen) atoms. The van der Waals surface area contributed by atoms with Crippen molar-refractivity contribution in [3.63, 3.8) is 0 Å². The number of hydrogen-bond acceptors (Lipinski definition) is 4. The smallest absolute Gasteiger partial charge is 0.404 e. The highest BCUT2D eigenvalue weighted by molar-refractivity contribution is 6.48. The number of nitrogens with one attached hydrogen (secondary N) is 2. The van der Waals surface area contributed by atoms with Gasteiger partial charge in [0.2, 0.25) is 5.91 Å². The molecule has 4 saturated carbocycles. The number of hydrogen-bond donors (Lipinski definition) is 2. The van der Waals surface area contributed by atoms with Crippen LogP contribution in [0, 0.1) is 23.1 Å². The zero-order chi connectivity index (χ0) is 26.9. The molecular weight excluding hydrogens is 506 g/mol. The highest BCUT2D eigenvalue weighted by Crippen LogP contribution is 2.65. The summed E-state index contributed by atoms with van der Waals surface area (Å²) in [6, 6.07) is 13.1. The lowest BCUT2D eigenvalue weighted by atomic mass is 9.43. The molecule has 1 heterocycles. The van der Waals surface area contributed by atoms with E-state index in [0.717, 1.165) is 12.8 Å². The van der Waals surface area contributed by atoms with Crippen molar-refractivity contribution >= 4 is 30.5 Å². The van der Waals surface area contributed by atoms with E-state index in [1.165, 1.54) is 6.07 Å². The van der Waals surface area contributed by atoms with Gasteiger partial charge in [0, 0.05) is 10.6 Å². The molecule has 6 nitrogen and oxygen atoms in total. The quantitative estimate of drug-likeness (QED) is 0.500. The van der Waals surface area contributed by atoms with Crippen molar-refractivity contribution in [1.82, 2.24) is 10.6 Å². The molecule has 200 valence electrons. The Morgan fingerprint density at radius 2 is 1.82 bits per heavy atom. The SMILES string of the molecule is CC1(C)[C@@H]2C[C@H]3OB([C@H](Cc4ccccc4F)NC(=O)C4(NC(=O)c5ccc(Cl)cc5)CC4)O[C@@]3(C)[C@H]1C2. The van der Waals surface area contributed by atoms with Crippen molar-refractivity contribution in [3.05, 3.63) is 70.5 Å². The Hall–Kier alpha value is -2.42. The Labute approximate surface area is 228 Å². The lowest BCUT2D eigenvalue weighted by Gasteiger charge is -2.64. The number of carbonyl (C=O) groups is 2. The van der Waals surface area contributed by atoms with Gasteiger partial charge in [0.1, 0.15) is 11.4 Å². The second kappa shape index (κ2) is 9.07.